The van der Waals surface area contributed by atoms with Crippen LogP contribution in [-0.2, 0) is 16.1 Å². The predicted octanol–water partition coefficient (Wildman–Crippen LogP) is 4.23. The van der Waals surface area contributed by atoms with Crippen molar-refractivity contribution >= 4 is 23.1 Å². The number of non-ortho nitro benzene ring substituents is 1. The Kier molecular flexibility index (Phi) is 5.91. The number of aliphatic hydroxyl groups is 1. The number of rotatable bonds is 6. The number of carbonyl (C=O) groups is 2. The number of carbonyl (C=O) groups excluding carboxylic acids is 2. The van der Waals surface area contributed by atoms with Gasteiger partial charge in [0.05, 0.1) is 23.6 Å². The van der Waals surface area contributed by atoms with Crippen molar-refractivity contribution in [3.63, 3.8) is 0 Å². The molecule has 166 valence electrons. The summed E-state index contributed by atoms with van der Waals surface area (Å²) < 4.78 is 5.21. The lowest BCUT2D eigenvalue weighted by Crippen LogP contribution is -2.29. The molecule has 0 bridgehead atoms. The number of hydrogen-bond donors (Lipinski definition) is 1. The van der Waals surface area contributed by atoms with Gasteiger partial charge in [0.2, 0.25) is 0 Å². The van der Waals surface area contributed by atoms with Crippen LogP contribution in [0.4, 0.5) is 5.69 Å². The summed E-state index contributed by atoms with van der Waals surface area (Å²) in [7, 11) is 1.53. The molecule has 0 saturated carbocycles. The average Bonchev–Trinajstić information content (AvgIpc) is 3.09. The number of aliphatic hydroxyl groups excluding tert-OH is 1. The smallest absolute Gasteiger partial charge is 0.295 e. The molecule has 0 spiro atoms. The van der Waals surface area contributed by atoms with E-state index in [1.165, 1.54) is 36.3 Å². The van der Waals surface area contributed by atoms with Crippen molar-refractivity contribution in [2.45, 2.75) is 12.6 Å². The predicted molar refractivity (Wildman–Crippen MR) is 120 cm³/mol. The van der Waals surface area contributed by atoms with E-state index in [0.29, 0.717) is 11.3 Å². The fourth-order valence-corrected chi connectivity index (χ4v) is 3.85. The van der Waals surface area contributed by atoms with Crippen LogP contribution in [0.5, 0.6) is 5.75 Å². The maximum absolute atomic E-state index is 13.1. The molecule has 0 radical (unpaired) electrons. The van der Waals surface area contributed by atoms with E-state index >= 15 is 0 Å². The van der Waals surface area contributed by atoms with Crippen molar-refractivity contribution in [1.82, 2.24) is 4.90 Å². The summed E-state index contributed by atoms with van der Waals surface area (Å²) >= 11 is 0. The molecule has 8 heteroatoms. The van der Waals surface area contributed by atoms with Gasteiger partial charge < -0.3 is 14.7 Å². The standard InChI is InChI=1S/C25H20N2O6/c1-33-20-13-9-17(10-14-20)22-21(23(28)18-7-11-19(12-8-18)27(31)32)24(29)25(30)26(22)15-16-5-3-2-4-6-16/h2-14,22,28H,15H2,1H3/b23-21+/t22-/m0/s1. The largest absolute Gasteiger partial charge is 0.507 e. The molecule has 1 heterocycles. The van der Waals surface area contributed by atoms with Crippen LogP contribution in [0.3, 0.4) is 0 Å². The average molecular weight is 444 g/mol. The van der Waals surface area contributed by atoms with E-state index in [0.717, 1.165) is 5.56 Å². The van der Waals surface area contributed by atoms with Crippen LogP contribution in [0.2, 0.25) is 0 Å². The zero-order valence-electron chi connectivity index (χ0n) is 17.7. The second-order valence-corrected chi connectivity index (χ2v) is 7.49. The molecule has 1 atom stereocenters. The third-order valence-electron chi connectivity index (χ3n) is 5.52. The number of nitro groups is 1. The zero-order chi connectivity index (χ0) is 23.5. The maximum atomic E-state index is 13.1. The van der Waals surface area contributed by atoms with Gasteiger partial charge in [0.25, 0.3) is 17.4 Å². The molecule has 0 unspecified atom stereocenters. The Hall–Kier alpha value is -4.46. The van der Waals surface area contributed by atoms with E-state index in [-0.39, 0.29) is 29.1 Å². The summed E-state index contributed by atoms with van der Waals surface area (Å²) in [5, 5.41) is 22.0. The molecule has 3 aromatic carbocycles. The van der Waals surface area contributed by atoms with Crippen LogP contribution in [0, 0.1) is 10.1 Å². The van der Waals surface area contributed by atoms with E-state index < -0.39 is 22.7 Å². The van der Waals surface area contributed by atoms with Gasteiger partial charge in [-0.1, -0.05) is 42.5 Å². The minimum absolute atomic E-state index is 0.0741. The van der Waals surface area contributed by atoms with Crippen LogP contribution in [0.1, 0.15) is 22.7 Å². The number of hydrogen-bond acceptors (Lipinski definition) is 6. The van der Waals surface area contributed by atoms with Gasteiger partial charge in [0, 0.05) is 24.2 Å². The van der Waals surface area contributed by atoms with Crippen molar-refractivity contribution in [3.05, 3.63) is 111 Å². The van der Waals surface area contributed by atoms with Crippen molar-refractivity contribution in [2.24, 2.45) is 0 Å². The third kappa shape index (κ3) is 4.18. The van der Waals surface area contributed by atoms with Crippen LogP contribution in [0.25, 0.3) is 5.76 Å². The second-order valence-electron chi connectivity index (χ2n) is 7.49. The molecular weight excluding hydrogens is 424 g/mol. The van der Waals surface area contributed by atoms with Gasteiger partial charge in [0.1, 0.15) is 11.5 Å². The Morgan fingerprint density at radius 2 is 1.64 bits per heavy atom. The monoisotopic (exact) mass is 444 g/mol. The second kappa shape index (κ2) is 8.96. The summed E-state index contributed by atoms with van der Waals surface area (Å²) in [6, 6.07) is 20.4. The summed E-state index contributed by atoms with van der Waals surface area (Å²) in [5.41, 5.74) is 1.43. The van der Waals surface area contributed by atoms with Crippen molar-refractivity contribution < 1.29 is 24.4 Å². The van der Waals surface area contributed by atoms with E-state index in [4.69, 9.17) is 4.74 Å². The number of likely N-dealkylation sites (tertiary alicyclic amines) is 1. The number of nitrogens with zero attached hydrogens (tertiary/aromatic N) is 2. The maximum Gasteiger partial charge on any atom is 0.295 e. The molecule has 0 aromatic heterocycles. The van der Waals surface area contributed by atoms with Crippen LogP contribution in [0.15, 0.2) is 84.4 Å². The van der Waals surface area contributed by atoms with E-state index in [1.807, 2.05) is 30.3 Å². The highest BCUT2D eigenvalue weighted by atomic mass is 16.6. The van der Waals surface area contributed by atoms with Gasteiger partial charge in [-0.2, -0.15) is 0 Å². The minimum atomic E-state index is -0.841. The molecule has 1 N–H and O–H groups in total. The number of amides is 1. The first kappa shape index (κ1) is 21.8. The summed E-state index contributed by atoms with van der Waals surface area (Å²) in [4.78, 5) is 37.9. The molecule has 1 aliphatic rings. The van der Waals surface area contributed by atoms with E-state index in [1.54, 1.807) is 24.3 Å². The Morgan fingerprint density at radius 1 is 1.00 bits per heavy atom. The molecule has 1 fully saturated rings. The van der Waals surface area contributed by atoms with Gasteiger partial charge in [-0.15, -0.1) is 0 Å². The molecule has 1 aliphatic heterocycles. The number of methoxy groups -OCH3 is 1. The molecule has 0 aliphatic carbocycles. The number of nitro benzene ring substituents is 1. The number of benzene rings is 3. The molecule has 4 rings (SSSR count). The molecular formula is C25H20N2O6. The number of Topliss-reactive ketones (excluding diaryl/α,β-unsaturated/α-hetero) is 1. The Labute approximate surface area is 189 Å². The topological polar surface area (TPSA) is 110 Å². The highest BCUT2D eigenvalue weighted by molar-refractivity contribution is 6.46. The Bertz CT molecular complexity index is 1230. The van der Waals surface area contributed by atoms with Crippen molar-refractivity contribution in [2.75, 3.05) is 7.11 Å². The lowest BCUT2D eigenvalue weighted by molar-refractivity contribution is -0.384. The van der Waals surface area contributed by atoms with Crippen LogP contribution in [-0.4, -0.2) is 33.7 Å². The SMILES string of the molecule is COc1ccc([C@H]2/C(=C(\O)c3ccc([N+](=O)[O-])cc3)C(=O)C(=O)N2Cc2ccccc2)cc1. The summed E-state index contributed by atoms with van der Waals surface area (Å²) in [5.74, 6) is -1.33. The van der Waals surface area contributed by atoms with E-state index in [2.05, 4.69) is 0 Å². The zero-order valence-corrected chi connectivity index (χ0v) is 17.7. The highest BCUT2D eigenvalue weighted by Crippen LogP contribution is 2.40. The van der Waals surface area contributed by atoms with Crippen LogP contribution < -0.4 is 4.74 Å². The quantitative estimate of drug-likeness (QED) is 0.200. The van der Waals surface area contributed by atoms with Crippen molar-refractivity contribution in [1.29, 1.82) is 0 Å². The number of ketones is 1. The lowest BCUT2D eigenvalue weighted by atomic mass is 9.95. The van der Waals surface area contributed by atoms with Gasteiger partial charge in [-0.25, -0.2) is 0 Å². The Balaban J connectivity index is 1.83. The van der Waals surface area contributed by atoms with Gasteiger partial charge in [0.15, 0.2) is 0 Å². The molecule has 33 heavy (non-hydrogen) atoms. The highest BCUT2D eigenvalue weighted by Gasteiger charge is 2.46. The lowest BCUT2D eigenvalue weighted by Gasteiger charge is -2.25. The molecule has 1 amide bonds. The van der Waals surface area contributed by atoms with Crippen molar-refractivity contribution in [3.8, 4) is 5.75 Å². The normalized spacial score (nSPS) is 17.2. The first-order chi connectivity index (χ1) is 15.9. The first-order valence-corrected chi connectivity index (χ1v) is 10.1. The molecule has 3 aromatic rings. The van der Waals surface area contributed by atoms with Gasteiger partial charge >= 0.3 is 0 Å². The van der Waals surface area contributed by atoms with Gasteiger partial charge in [-0.3, -0.25) is 19.7 Å². The first-order valence-electron chi connectivity index (χ1n) is 10.1. The minimum Gasteiger partial charge on any atom is -0.507 e. The fraction of sp³-hybridized carbons (Fsp3) is 0.120. The Morgan fingerprint density at radius 3 is 2.21 bits per heavy atom. The summed E-state index contributed by atoms with van der Waals surface area (Å²) in [6.07, 6.45) is 0. The van der Waals surface area contributed by atoms with E-state index in [9.17, 15) is 24.8 Å². The molecule has 1 saturated heterocycles. The third-order valence-corrected chi connectivity index (χ3v) is 5.52. The number of ether oxygens (including phenoxy) is 1. The fourth-order valence-electron chi connectivity index (χ4n) is 3.85. The van der Waals surface area contributed by atoms with Crippen LogP contribution >= 0.6 is 0 Å². The summed E-state index contributed by atoms with van der Waals surface area (Å²) in [6.45, 7) is 0.166. The molecule has 8 nitrogen and oxygen atoms in total. The van der Waals surface area contributed by atoms with Gasteiger partial charge in [-0.05, 0) is 35.4 Å².